The molecule has 0 atom stereocenters. The molecular weight excluding hydrogens is 172 g/mol. The molecule has 0 saturated heterocycles. The van der Waals surface area contributed by atoms with Crippen molar-refractivity contribution in [1.82, 2.24) is 0 Å². The molecule has 0 saturated carbocycles. The third kappa shape index (κ3) is 4.61. The zero-order valence-electron chi connectivity index (χ0n) is 6.13. The summed E-state index contributed by atoms with van der Waals surface area (Å²) >= 11 is 4.61. The molecule has 0 rings (SSSR count). The van der Waals surface area contributed by atoms with Crippen molar-refractivity contribution in [1.29, 1.82) is 0 Å². The van der Waals surface area contributed by atoms with Gasteiger partial charge in [-0.25, -0.2) is 9.59 Å². The lowest BCUT2D eigenvalue weighted by Crippen LogP contribution is -2.17. The van der Waals surface area contributed by atoms with Crippen LogP contribution in [0.2, 0.25) is 0 Å². The Kier molecular flexibility index (Phi) is 5.56. The number of unbranched alkanes of at least 4 members (excludes halogenated alkanes) is 1. The lowest BCUT2D eigenvalue weighted by molar-refractivity contribution is -0.162. The van der Waals surface area contributed by atoms with Gasteiger partial charge in [-0.3, -0.25) is 0 Å². The van der Waals surface area contributed by atoms with Crippen LogP contribution < -0.4 is 0 Å². The number of carbonyl (C=O) groups excluding carboxylic acids is 2. The fourth-order valence-corrected chi connectivity index (χ4v) is 0.463. The van der Waals surface area contributed by atoms with E-state index >= 15 is 0 Å². The zero-order chi connectivity index (χ0) is 8.69. The van der Waals surface area contributed by atoms with Crippen LogP contribution in [0, 0.1) is 0 Å². The lowest BCUT2D eigenvalue weighted by Gasteiger charge is -1.98. The molecule has 0 amide bonds. The molecule has 64 valence electrons. The van der Waals surface area contributed by atoms with E-state index in [0.29, 0.717) is 0 Å². The van der Waals surface area contributed by atoms with Crippen molar-refractivity contribution in [3.05, 3.63) is 0 Å². The van der Waals surface area contributed by atoms with E-state index in [4.69, 9.17) is 0 Å². The number of rotatable bonds is 3. The summed E-state index contributed by atoms with van der Waals surface area (Å²) in [6.45, 7) is 2.16. The van der Waals surface area contributed by atoms with Gasteiger partial charge in [0.15, 0.2) is 0 Å². The van der Waals surface area contributed by atoms with Crippen LogP contribution in [0.5, 0.6) is 0 Å². The number of halogens is 1. The topological polar surface area (TPSA) is 52.6 Å². The predicted octanol–water partition coefficient (Wildman–Crippen LogP) is 1.03. The molecule has 0 aliphatic carbocycles. The van der Waals surface area contributed by atoms with E-state index in [1.807, 2.05) is 6.92 Å². The second kappa shape index (κ2) is 5.97. The molecule has 11 heavy (non-hydrogen) atoms. The van der Waals surface area contributed by atoms with Crippen molar-refractivity contribution in [3.63, 3.8) is 0 Å². The maximum absolute atomic E-state index is 10.5. The predicted molar refractivity (Wildman–Crippen MR) is 37.8 cm³/mol. The van der Waals surface area contributed by atoms with Gasteiger partial charge in [0.25, 0.3) is 0 Å². The van der Waals surface area contributed by atoms with Crippen molar-refractivity contribution in [3.8, 4) is 0 Å². The summed E-state index contributed by atoms with van der Waals surface area (Å²) < 4.78 is 8.04. The van der Waals surface area contributed by atoms with Gasteiger partial charge in [0.1, 0.15) is 11.9 Å². The van der Waals surface area contributed by atoms with Gasteiger partial charge in [0.05, 0.1) is 6.61 Å². The summed E-state index contributed by atoms with van der Waals surface area (Å²) in [7, 11) is 0. The van der Waals surface area contributed by atoms with Gasteiger partial charge >= 0.3 is 11.9 Å². The molecule has 5 heteroatoms. The Morgan fingerprint density at radius 3 is 2.45 bits per heavy atom. The Morgan fingerprint density at radius 1 is 1.36 bits per heavy atom. The lowest BCUT2D eigenvalue weighted by atomic mass is 10.4. The van der Waals surface area contributed by atoms with Crippen LogP contribution in [-0.4, -0.2) is 18.5 Å². The molecule has 0 fully saturated rings. The normalized spacial score (nSPS) is 8.91. The highest BCUT2D eigenvalue weighted by Gasteiger charge is 2.15. The molecule has 0 radical (unpaired) electrons. The minimum atomic E-state index is -1.18. The maximum Gasteiger partial charge on any atom is 0.435 e. The summed E-state index contributed by atoms with van der Waals surface area (Å²) in [5.74, 6) is -2.23. The van der Waals surface area contributed by atoms with Gasteiger partial charge in [-0.15, -0.1) is 0 Å². The highest BCUT2D eigenvalue weighted by Crippen LogP contribution is 1.91. The van der Waals surface area contributed by atoms with E-state index < -0.39 is 11.9 Å². The average molecular weight is 181 g/mol. The van der Waals surface area contributed by atoms with Gasteiger partial charge in [-0.05, 0) is 6.42 Å². The Hall–Kier alpha value is -0.770. The van der Waals surface area contributed by atoms with Crippen LogP contribution in [0.15, 0.2) is 0 Å². The molecule has 0 unspecified atom stereocenters. The molecule has 0 spiro atoms. The Labute approximate surface area is 69.6 Å². The first-order valence-corrected chi connectivity index (χ1v) is 3.53. The van der Waals surface area contributed by atoms with Crippen molar-refractivity contribution < 1.29 is 18.6 Å². The smallest absolute Gasteiger partial charge is 0.435 e. The SMILES string of the molecule is CCCCOC(=O)C(=O)OCl. The molecule has 0 heterocycles. The quantitative estimate of drug-likeness (QED) is 0.370. The van der Waals surface area contributed by atoms with Gasteiger partial charge in [-0.2, -0.15) is 0 Å². The van der Waals surface area contributed by atoms with Gasteiger partial charge in [0, 0.05) is 0 Å². The Balaban J connectivity index is 3.44. The maximum atomic E-state index is 10.5. The first-order valence-electron chi connectivity index (χ1n) is 3.22. The highest BCUT2D eigenvalue weighted by molar-refractivity contribution is 6.35. The summed E-state index contributed by atoms with van der Waals surface area (Å²) in [5.41, 5.74) is 0. The van der Waals surface area contributed by atoms with E-state index in [2.05, 4.69) is 20.9 Å². The van der Waals surface area contributed by atoms with E-state index in [9.17, 15) is 9.59 Å². The molecule has 0 N–H and O–H groups in total. The number of esters is 1. The third-order valence-corrected chi connectivity index (χ3v) is 1.11. The summed E-state index contributed by atoms with van der Waals surface area (Å²) in [4.78, 5) is 20.7. The van der Waals surface area contributed by atoms with Crippen LogP contribution in [-0.2, 0) is 18.6 Å². The molecule has 0 aromatic carbocycles. The minimum absolute atomic E-state index is 0.224. The fourth-order valence-electron chi connectivity index (χ4n) is 0.400. The molecular formula is C6H9ClO4. The van der Waals surface area contributed by atoms with Crippen LogP contribution in [0.25, 0.3) is 0 Å². The van der Waals surface area contributed by atoms with Crippen LogP contribution >= 0.6 is 11.9 Å². The molecule has 0 aromatic rings. The number of hydrogen-bond acceptors (Lipinski definition) is 4. The zero-order valence-corrected chi connectivity index (χ0v) is 6.89. The molecule has 4 nitrogen and oxygen atoms in total. The van der Waals surface area contributed by atoms with Gasteiger partial charge in [-0.1, -0.05) is 13.3 Å². The van der Waals surface area contributed by atoms with E-state index in [1.54, 1.807) is 0 Å². The third-order valence-electron chi connectivity index (χ3n) is 0.968. The fraction of sp³-hybridized carbons (Fsp3) is 0.667. The summed E-state index contributed by atoms with van der Waals surface area (Å²) in [5, 5.41) is 0. The summed E-state index contributed by atoms with van der Waals surface area (Å²) in [6.07, 6.45) is 1.62. The monoisotopic (exact) mass is 180 g/mol. The van der Waals surface area contributed by atoms with Crippen molar-refractivity contribution >= 4 is 23.8 Å². The van der Waals surface area contributed by atoms with Gasteiger partial charge in [0.2, 0.25) is 0 Å². The second-order valence-electron chi connectivity index (χ2n) is 1.85. The van der Waals surface area contributed by atoms with Crippen LogP contribution in [0.3, 0.4) is 0 Å². The van der Waals surface area contributed by atoms with Crippen molar-refractivity contribution in [2.75, 3.05) is 6.61 Å². The largest absolute Gasteiger partial charge is 0.457 e. The molecule has 0 aliphatic rings. The van der Waals surface area contributed by atoms with Crippen molar-refractivity contribution in [2.45, 2.75) is 19.8 Å². The number of carbonyl (C=O) groups is 2. The first-order chi connectivity index (χ1) is 5.22. The summed E-state index contributed by atoms with van der Waals surface area (Å²) in [6, 6.07) is 0. The second-order valence-corrected chi connectivity index (χ2v) is 2.01. The average Bonchev–Trinajstić information content (AvgIpc) is 2.03. The van der Waals surface area contributed by atoms with Crippen LogP contribution in [0.1, 0.15) is 19.8 Å². The van der Waals surface area contributed by atoms with E-state index in [-0.39, 0.29) is 6.61 Å². The minimum Gasteiger partial charge on any atom is -0.457 e. The van der Waals surface area contributed by atoms with Gasteiger partial charge < -0.3 is 9.03 Å². The van der Waals surface area contributed by atoms with Crippen LogP contribution in [0.4, 0.5) is 0 Å². The molecule has 0 bridgehead atoms. The first kappa shape index (κ1) is 10.2. The Morgan fingerprint density at radius 2 is 2.00 bits per heavy atom. The van der Waals surface area contributed by atoms with E-state index in [1.165, 1.54) is 0 Å². The molecule has 0 aromatic heterocycles. The standard InChI is InChI=1S/C6H9ClO4/c1-2-3-4-10-5(8)6(9)11-7/h2-4H2,1H3. The molecule has 0 aliphatic heterocycles. The van der Waals surface area contributed by atoms with E-state index in [0.717, 1.165) is 12.8 Å². The number of hydrogen-bond donors (Lipinski definition) is 0. The number of ether oxygens (including phenoxy) is 1. The van der Waals surface area contributed by atoms with Crippen molar-refractivity contribution in [2.24, 2.45) is 0 Å². The highest BCUT2D eigenvalue weighted by atomic mass is 35.5. The Bertz CT molecular complexity index is 146.